The second kappa shape index (κ2) is 4.52. The molecule has 0 radical (unpaired) electrons. The molecule has 14 heavy (non-hydrogen) atoms. The molecule has 1 aromatic heterocycles. The molecule has 78 valence electrons. The van der Waals surface area contributed by atoms with Gasteiger partial charge in [0.2, 0.25) is 0 Å². The van der Waals surface area contributed by atoms with Gasteiger partial charge >= 0.3 is 6.36 Å². The van der Waals surface area contributed by atoms with Crippen LogP contribution in [0.15, 0.2) is 12.4 Å². The van der Waals surface area contributed by atoms with Crippen molar-refractivity contribution < 1.29 is 17.9 Å². The van der Waals surface area contributed by atoms with Gasteiger partial charge in [0.05, 0.1) is 12.1 Å². The highest BCUT2D eigenvalue weighted by Crippen LogP contribution is 2.29. The van der Waals surface area contributed by atoms with Crippen LogP contribution in [0.2, 0.25) is 0 Å². The summed E-state index contributed by atoms with van der Waals surface area (Å²) in [5.41, 5.74) is 0.291. The molecule has 0 unspecified atom stereocenters. The zero-order chi connectivity index (χ0) is 10.8. The van der Waals surface area contributed by atoms with Crippen LogP contribution in [0.5, 0.6) is 5.75 Å². The van der Waals surface area contributed by atoms with Crippen molar-refractivity contribution in [3.8, 4) is 5.75 Å². The van der Waals surface area contributed by atoms with Crippen LogP contribution in [0.4, 0.5) is 13.2 Å². The number of alkyl halides is 4. The Morgan fingerprint density at radius 3 is 2.57 bits per heavy atom. The van der Waals surface area contributed by atoms with E-state index in [2.05, 4.69) is 9.72 Å². The Bertz CT molecular complexity index is 331. The topological polar surface area (TPSA) is 22.1 Å². The van der Waals surface area contributed by atoms with E-state index in [1.165, 1.54) is 6.20 Å². The molecule has 7 heteroatoms. The number of halogens is 5. The van der Waals surface area contributed by atoms with E-state index >= 15 is 0 Å². The van der Waals surface area contributed by atoms with E-state index in [1.54, 1.807) is 0 Å². The van der Waals surface area contributed by atoms with E-state index in [-0.39, 0.29) is 11.6 Å². The largest absolute Gasteiger partial charge is 0.573 e. The third kappa shape index (κ3) is 3.16. The van der Waals surface area contributed by atoms with Gasteiger partial charge < -0.3 is 4.74 Å². The molecular formula is C7H4ClF3INO. The van der Waals surface area contributed by atoms with Crippen LogP contribution in [0, 0.1) is 3.57 Å². The molecule has 0 aliphatic carbocycles. The summed E-state index contributed by atoms with van der Waals surface area (Å²) in [6, 6.07) is 0. The SMILES string of the molecule is FC(F)(F)Oc1cncc(I)c1CCl. The van der Waals surface area contributed by atoms with Crippen LogP contribution in [-0.4, -0.2) is 11.3 Å². The maximum absolute atomic E-state index is 11.9. The molecule has 0 aromatic carbocycles. The first-order valence-corrected chi connectivity index (χ1v) is 4.99. The zero-order valence-corrected chi connectivity index (χ0v) is 9.52. The highest BCUT2D eigenvalue weighted by atomic mass is 127. The monoisotopic (exact) mass is 337 g/mol. The van der Waals surface area contributed by atoms with Crippen molar-refractivity contribution in [3.05, 3.63) is 21.5 Å². The minimum Gasteiger partial charge on any atom is -0.404 e. The van der Waals surface area contributed by atoms with Gasteiger partial charge in [-0.3, -0.25) is 4.98 Å². The minimum absolute atomic E-state index is 0.0494. The molecule has 2 nitrogen and oxygen atoms in total. The molecule has 0 spiro atoms. The lowest BCUT2D eigenvalue weighted by Gasteiger charge is -2.12. The lowest BCUT2D eigenvalue weighted by atomic mass is 10.3. The number of nitrogens with zero attached hydrogens (tertiary/aromatic N) is 1. The smallest absolute Gasteiger partial charge is 0.404 e. The average molecular weight is 337 g/mol. The number of pyridine rings is 1. The molecule has 1 aromatic rings. The van der Waals surface area contributed by atoms with Gasteiger partial charge in [0.25, 0.3) is 0 Å². The Morgan fingerprint density at radius 2 is 2.07 bits per heavy atom. The summed E-state index contributed by atoms with van der Waals surface area (Å²) in [6.45, 7) is 0. The van der Waals surface area contributed by atoms with E-state index in [4.69, 9.17) is 11.6 Å². The second-order valence-electron chi connectivity index (χ2n) is 2.28. The molecule has 0 saturated heterocycles. The number of rotatable bonds is 2. The summed E-state index contributed by atoms with van der Waals surface area (Å²) < 4.78 is 40.0. The Kier molecular flexibility index (Phi) is 3.82. The number of ether oxygens (including phenoxy) is 1. The predicted octanol–water partition coefficient (Wildman–Crippen LogP) is 3.32. The summed E-state index contributed by atoms with van der Waals surface area (Å²) in [5, 5.41) is 0. The lowest BCUT2D eigenvalue weighted by Crippen LogP contribution is -2.18. The molecule has 0 aliphatic rings. The number of aromatic nitrogens is 1. The zero-order valence-electron chi connectivity index (χ0n) is 6.61. The average Bonchev–Trinajstić information content (AvgIpc) is 2.01. The second-order valence-corrected chi connectivity index (χ2v) is 3.71. The van der Waals surface area contributed by atoms with Gasteiger partial charge in [-0.15, -0.1) is 24.8 Å². The standard InChI is InChI=1S/C7H4ClF3INO/c8-1-4-5(12)2-13-3-6(4)14-7(9,10)11/h2-3H,1H2. The van der Waals surface area contributed by atoms with E-state index in [0.29, 0.717) is 9.13 Å². The first-order chi connectivity index (χ1) is 6.44. The number of hydrogen-bond donors (Lipinski definition) is 0. The van der Waals surface area contributed by atoms with Gasteiger partial charge in [0, 0.05) is 15.3 Å². The van der Waals surface area contributed by atoms with Crippen molar-refractivity contribution in [2.45, 2.75) is 12.2 Å². The van der Waals surface area contributed by atoms with E-state index in [1.807, 2.05) is 22.6 Å². The maximum atomic E-state index is 11.9. The quantitative estimate of drug-likeness (QED) is 0.610. The van der Waals surface area contributed by atoms with E-state index in [9.17, 15) is 13.2 Å². The van der Waals surface area contributed by atoms with Crippen LogP contribution in [0.1, 0.15) is 5.56 Å². The number of hydrogen-bond acceptors (Lipinski definition) is 2. The van der Waals surface area contributed by atoms with Crippen molar-refractivity contribution in [2.75, 3.05) is 0 Å². The molecule has 1 heterocycles. The van der Waals surface area contributed by atoms with Gasteiger partial charge in [0.15, 0.2) is 5.75 Å². The van der Waals surface area contributed by atoms with Gasteiger partial charge in [-0.1, -0.05) is 0 Å². The fraction of sp³-hybridized carbons (Fsp3) is 0.286. The van der Waals surface area contributed by atoms with Crippen molar-refractivity contribution >= 4 is 34.2 Å². The summed E-state index contributed by atoms with van der Waals surface area (Å²) >= 11 is 7.33. The summed E-state index contributed by atoms with van der Waals surface area (Å²) in [6.07, 6.45) is -2.30. The molecule has 0 N–H and O–H groups in total. The Labute approximate surface area is 96.6 Å². The first-order valence-electron chi connectivity index (χ1n) is 3.38. The third-order valence-corrected chi connectivity index (χ3v) is 2.52. The van der Waals surface area contributed by atoms with Crippen LogP contribution >= 0.6 is 34.2 Å². The first kappa shape index (κ1) is 11.8. The van der Waals surface area contributed by atoms with Gasteiger partial charge in [-0.2, -0.15) is 0 Å². The highest BCUT2D eigenvalue weighted by molar-refractivity contribution is 14.1. The Hall–Kier alpha value is -0.240. The van der Waals surface area contributed by atoms with Crippen LogP contribution in [0.25, 0.3) is 0 Å². The molecule has 0 amide bonds. The van der Waals surface area contributed by atoms with Crippen molar-refractivity contribution in [3.63, 3.8) is 0 Å². The Balaban J connectivity index is 3.02. The van der Waals surface area contributed by atoms with Crippen molar-refractivity contribution in [2.24, 2.45) is 0 Å². The molecule has 1 rings (SSSR count). The summed E-state index contributed by atoms with van der Waals surface area (Å²) in [7, 11) is 0. The normalized spacial score (nSPS) is 11.5. The lowest BCUT2D eigenvalue weighted by molar-refractivity contribution is -0.275. The summed E-state index contributed by atoms with van der Waals surface area (Å²) in [5.74, 6) is -0.397. The van der Waals surface area contributed by atoms with Gasteiger partial charge in [-0.25, -0.2) is 0 Å². The fourth-order valence-corrected chi connectivity index (χ4v) is 1.90. The van der Waals surface area contributed by atoms with Crippen molar-refractivity contribution in [1.29, 1.82) is 0 Å². The molecular weight excluding hydrogens is 333 g/mol. The van der Waals surface area contributed by atoms with E-state index < -0.39 is 6.36 Å². The molecule has 0 atom stereocenters. The Morgan fingerprint density at radius 1 is 1.43 bits per heavy atom. The highest BCUT2D eigenvalue weighted by Gasteiger charge is 2.32. The third-order valence-electron chi connectivity index (χ3n) is 1.32. The molecule has 0 aliphatic heterocycles. The molecule has 0 saturated carbocycles. The van der Waals surface area contributed by atoms with Crippen LogP contribution in [0.3, 0.4) is 0 Å². The summed E-state index contributed by atoms with van der Waals surface area (Å²) in [4.78, 5) is 3.59. The van der Waals surface area contributed by atoms with Gasteiger partial charge in [-0.05, 0) is 22.6 Å². The van der Waals surface area contributed by atoms with Crippen LogP contribution in [-0.2, 0) is 5.88 Å². The fourth-order valence-electron chi connectivity index (χ4n) is 0.786. The van der Waals surface area contributed by atoms with E-state index in [0.717, 1.165) is 6.20 Å². The molecule has 0 bridgehead atoms. The minimum atomic E-state index is -4.72. The van der Waals surface area contributed by atoms with Crippen LogP contribution < -0.4 is 4.74 Å². The van der Waals surface area contributed by atoms with Crippen molar-refractivity contribution in [1.82, 2.24) is 4.98 Å². The van der Waals surface area contributed by atoms with Gasteiger partial charge in [0.1, 0.15) is 0 Å². The molecule has 0 fully saturated rings. The maximum Gasteiger partial charge on any atom is 0.573 e. The predicted molar refractivity (Wildman–Crippen MR) is 53.2 cm³/mol.